The molecule has 0 fully saturated rings. The van der Waals surface area contributed by atoms with Gasteiger partial charge in [-0.25, -0.2) is 0 Å². The van der Waals surface area contributed by atoms with Crippen LogP contribution in [0.2, 0.25) is 0 Å². The molecule has 0 saturated heterocycles. The first-order chi connectivity index (χ1) is 14.2. The van der Waals surface area contributed by atoms with Crippen LogP contribution >= 0.6 is 0 Å². The molecule has 0 radical (unpaired) electrons. The molecule has 1 heterocycles. The lowest BCUT2D eigenvalue weighted by Crippen LogP contribution is -2.08. The Balaban J connectivity index is 1.91. The van der Waals surface area contributed by atoms with Gasteiger partial charge >= 0.3 is 0 Å². The summed E-state index contributed by atoms with van der Waals surface area (Å²) in [5.41, 5.74) is 5.10. The second-order valence-electron chi connectivity index (χ2n) is 7.17. The number of fused-ring (bicyclic) bond motifs is 1. The van der Waals surface area contributed by atoms with E-state index in [2.05, 4.69) is 16.7 Å². The minimum Gasteiger partial charge on any atom is -0.493 e. The quantitative estimate of drug-likeness (QED) is 0.609. The highest BCUT2D eigenvalue weighted by molar-refractivity contribution is 6.00. The molecule has 1 aliphatic carbocycles. The molecule has 0 unspecified atom stereocenters. The molecule has 3 aromatic rings. The second-order valence-corrected chi connectivity index (χ2v) is 7.17. The predicted octanol–water partition coefficient (Wildman–Crippen LogP) is 4.75. The van der Waals surface area contributed by atoms with Crippen molar-refractivity contribution in [1.29, 1.82) is 0 Å². The van der Waals surface area contributed by atoms with Gasteiger partial charge in [0.25, 0.3) is 0 Å². The number of rotatable bonds is 6. The van der Waals surface area contributed by atoms with E-state index in [4.69, 9.17) is 14.2 Å². The Kier molecular flexibility index (Phi) is 5.30. The number of carbonyl (C=O) groups is 1. The van der Waals surface area contributed by atoms with Crippen LogP contribution in [0.1, 0.15) is 34.3 Å². The molecular weight excluding hydrogens is 366 g/mol. The minimum atomic E-state index is 0.215. The fourth-order valence-corrected chi connectivity index (χ4v) is 4.12. The van der Waals surface area contributed by atoms with Crippen LogP contribution in [0.3, 0.4) is 0 Å². The van der Waals surface area contributed by atoms with Gasteiger partial charge in [-0.3, -0.25) is 4.79 Å². The zero-order valence-electron chi connectivity index (χ0n) is 17.0. The molecule has 5 heteroatoms. The maximum Gasteiger partial charge on any atom is 0.203 e. The summed E-state index contributed by atoms with van der Waals surface area (Å²) in [4.78, 5) is 12.6. The molecule has 0 atom stereocenters. The third-order valence-corrected chi connectivity index (χ3v) is 5.45. The van der Waals surface area contributed by atoms with Crippen molar-refractivity contribution in [2.24, 2.45) is 0 Å². The van der Waals surface area contributed by atoms with E-state index in [1.54, 1.807) is 21.3 Å². The summed E-state index contributed by atoms with van der Waals surface area (Å²) < 4.78 is 18.8. The summed E-state index contributed by atoms with van der Waals surface area (Å²) in [6.45, 7) is 0.688. The van der Waals surface area contributed by atoms with Gasteiger partial charge < -0.3 is 18.8 Å². The van der Waals surface area contributed by atoms with Gasteiger partial charge in [0.2, 0.25) is 5.75 Å². The van der Waals surface area contributed by atoms with Gasteiger partial charge in [-0.05, 0) is 36.1 Å². The van der Waals surface area contributed by atoms with Crippen molar-refractivity contribution in [3.63, 3.8) is 0 Å². The fraction of sp³-hybridized carbons (Fsp3) is 0.292. The molecule has 0 spiro atoms. The SMILES string of the molecule is COc1cc(-c2c3c(cn2Cc2ccccc2)C(=O)CCC3)cc(OC)c1OC. The van der Waals surface area contributed by atoms with E-state index in [-0.39, 0.29) is 5.78 Å². The first kappa shape index (κ1) is 19.1. The predicted molar refractivity (Wildman–Crippen MR) is 112 cm³/mol. The first-order valence-electron chi connectivity index (χ1n) is 9.75. The van der Waals surface area contributed by atoms with E-state index in [0.29, 0.717) is 30.2 Å². The first-order valence-corrected chi connectivity index (χ1v) is 9.75. The van der Waals surface area contributed by atoms with Crippen molar-refractivity contribution in [2.75, 3.05) is 21.3 Å². The number of ether oxygens (including phenoxy) is 3. The maximum absolute atomic E-state index is 12.6. The third kappa shape index (κ3) is 3.48. The van der Waals surface area contributed by atoms with Crippen molar-refractivity contribution >= 4 is 5.78 Å². The Morgan fingerprint density at radius 3 is 2.24 bits per heavy atom. The van der Waals surface area contributed by atoms with E-state index in [1.807, 2.05) is 36.5 Å². The number of carbonyl (C=O) groups excluding carboxylic acids is 1. The van der Waals surface area contributed by atoms with E-state index in [9.17, 15) is 4.79 Å². The summed E-state index contributed by atoms with van der Waals surface area (Å²) in [5, 5.41) is 0. The second kappa shape index (κ2) is 8.03. The maximum atomic E-state index is 12.6. The molecule has 0 bridgehead atoms. The zero-order chi connectivity index (χ0) is 20.4. The van der Waals surface area contributed by atoms with Gasteiger partial charge in [0.15, 0.2) is 17.3 Å². The Morgan fingerprint density at radius 2 is 1.62 bits per heavy atom. The van der Waals surface area contributed by atoms with Crippen LogP contribution in [0.4, 0.5) is 0 Å². The normalized spacial score (nSPS) is 13.1. The van der Waals surface area contributed by atoms with Crippen molar-refractivity contribution in [2.45, 2.75) is 25.8 Å². The highest BCUT2D eigenvalue weighted by Crippen LogP contribution is 2.43. The fourth-order valence-electron chi connectivity index (χ4n) is 4.12. The Morgan fingerprint density at radius 1 is 0.931 bits per heavy atom. The van der Waals surface area contributed by atoms with Crippen LogP contribution in [0.15, 0.2) is 48.7 Å². The van der Waals surface area contributed by atoms with E-state index in [1.165, 1.54) is 5.56 Å². The van der Waals surface area contributed by atoms with E-state index in [0.717, 1.165) is 35.2 Å². The summed E-state index contributed by atoms with van der Waals surface area (Å²) >= 11 is 0. The average molecular weight is 391 g/mol. The average Bonchev–Trinajstić information content (AvgIpc) is 3.12. The summed E-state index contributed by atoms with van der Waals surface area (Å²) in [5.74, 6) is 1.98. The van der Waals surface area contributed by atoms with Crippen LogP contribution < -0.4 is 14.2 Å². The molecule has 1 aromatic heterocycles. The van der Waals surface area contributed by atoms with Crippen molar-refractivity contribution < 1.29 is 19.0 Å². The molecule has 29 heavy (non-hydrogen) atoms. The summed E-state index contributed by atoms with van der Waals surface area (Å²) in [6.07, 6.45) is 4.37. The molecule has 0 N–H and O–H groups in total. The van der Waals surface area contributed by atoms with Crippen molar-refractivity contribution in [3.05, 3.63) is 65.4 Å². The van der Waals surface area contributed by atoms with Crippen LogP contribution in [0.5, 0.6) is 17.2 Å². The molecule has 150 valence electrons. The number of aromatic nitrogens is 1. The van der Waals surface area contributed by atoms with E-state index >= 15 is 0 Å². The van der Waals surface area contributed by atoms with Crippen molar-refractivity contribution in [1.82, 2.24) is 4.57 Å². The van der Waals surface area contributed by atoms with Gasteiger partial charge in [0.05, 0.1) is 27.0 Å². The molecule has 4 rings (SSSR count). The highest BCUT2D eigenvalue weighted by atomic mass is 16.5. The number of hydrogen-bond donors (Lipinski definition) is 0. The van der Waals surface area contributed by atoms with Gasteiger partial charge in [0.1, 0.15) is 0 Å². The highest BCUT2D eigenvalue weighted by Gasteiger charge is 2.26. The zero-order valence-corrected chi connectivity index (χ0v) is 17.0. The smallest absolute Gasteiger partial charge is 0.203 e. The molecule has 0 saturated carbocycles. The van der Waals surface area contributed by atoms with Crippen LogP contribution in [0.25, 0.3) is 11.3 Å². The van der Waals surface area contributed by atoms with Gasteiger partial charge in [-0.15, -0.1) is 0 Å². The number of nitrogens with zero attached hydrogens (tertiary/aromatic N) is 1. The topological polar surface area (TPSA) is 49.7 Å². The number of methoxy groups -OCH3 is 3. The molecule has 5 nitrogen and oxygen atoms in total. The van der Waals surface area contributed by atoms with Crippen molar-refractivity contribution in [3.8, 4) is 28.5 Å². The standard InChI is InChI=1S/C24H25NO4/c1-27-21-12-17(13-22(28-2)24(21)29-3)23-18-10-7-11-20(26)19(18)15-25(23)14-16-8-5-4-6-9-16/h4-6,8-9,12-13,15H,7,10-11,14H2,1-3H3. The summed E-state index contributed by atoms with van der Waals surface area (Å²) in [7, 11) is 4.82. The molecular formula is C24H25NO4. The van der Waals surface area contributed by atoms with Crippen LogP contribution in [-0.2, 0) is 13.0 Å². The Bertz CT molecular complexity index is 1010. The largest absolute Gasteiger partial charge is 0.493 e. The minimum absolute atomic E-state index is 0.215. The molecule has 0 amide bonds. The molecule has 0 aliphatic heterocycles. The number of ketones is 1. The number of hydrogen-bond acceptors (Lipinski definition) is 4. The van der Waals surface area contributed by atoms with Crippen LogP contribution in [-0.4, -0.2) is 31.7 Å². The van der Waals surface area contributed by atoms with Crippen LogP contribution in [0, 0.1) is 0 Å². The lowest BCUT2D eigenvalue weighted by Gasteiger charge is -2.18. The van der Waals surface area contributed by atoms with Gasteiger partial charge in [-0.2, -0.15) is 0 Å². The van der Waals surface area contributed by atoms with Gasteiger partial charge in [0, 0.05) is 30.3 Å². The van der Waals surface area contributed by atoms with Gasteiger partial charge in [-0.1, -0.05) is 30.3 Å². The third-order valence-electron chi connectivity index (χ3n) is 5.45. The number of Topliss-reactive ketones (excluding diaryl/α,β-unsaturated/α-hetero) is 1. The molecule has 1 aliphatic rings. The molecule has 2 aromatic carbocycles. The lowest BCUT2D eigenvalue weighted by atomic mass is 9.91. The Hall–Kier alpha value is -3.21. The lowest BCUT2D eigenvalue weighted by molar-refractivity contribution is 0.0973. The monoisotopic (exact) mass is 391 g/mol. The van der Waals surface area contributed by atoms with E-state index < -0.39 is 0 Å². The number of benzene rings is 2. The Labute approximate surface area is 170 Å². The summed E-state index contributed by atoms with van der Waals surface area (Å²) in [6, 6.07) is 14.2.